The number of aliphatic hydroxyl groups is 1. The molecule has 3 aliphatic rings. The Hall–Kier alpha value is -2.97. The van der Waals surface area contributed by atoms with E-state index in [1.165, 1.54) is 0 Å². The number of carbonyl (C=O) groups is 2. The van der Waals surface area contributed by atoms with Crippen molar-refractivity contribution in [2.45, 2.75) is 62.9 Å². The van der Waals surface area contributed by atoms with E-state index in [0.29, 0.717) is 13.0 Å². The highest BCUT2D eigenvalue weighted by Gasteiger charge is 2.46. The number of rotatable bonds is 7. The van der Waals surface area contributed by atoms with Gasteiger partial charge in [0, 0.05) is 42.0 Å². The van der Waals surface area contributed by atoms with Crippen LogP contribution in [-0.2, 0) is 20.9 Å². The van der Waals surface area contributed by atoms with Crippen LogP contribution < -0.4 is 15.4 Å². The molecule has 8 heteroatoms. The maximum Gasteiger partial charge on any atom is 0.227 e. The van der Waals surface area contributed by atoms with Crippen molar-refractivity contribution < 1.29 is 24.2 Å². The van der Waals surface area contributed by atoms with Crippen LogP contribution in [0.1, 0.15) is 49.1 Å². The number of anilines is 1. The second-order valence-corrected chi connectivity index (χ2v) is 9.12. The maximum absolute atomic E-state index is 12.5. The van der Waals surface area contributed by atoms with Crippen LogP contribution >= 0.6 is 0 Å². The van der Waals surface area contributed by atoms with E-state index in [-0.39, 0.29) is 48.9 Å². The number of hydrogen-bond acceptors (Lipinski definition) is 6. The molecule has 1 aromatic carbocycles. The molecule has 1 saturated carbocycles. The van der Waals surface area contributed by atoms with Gasteiger partial charge in [-0.25, -0.2) is 0 Å². The Morgan fingerprint density at radius 2 is 2.09 bits per heavy atom. The molecule has 8 nitrogen and oxygen atoms in total. The zero-order valence-electron chi connectivity index (χ0n) is 18.4. The fraction of sp³-hybridized carbons (Fsp3) is 0.480. The molecule has 2 fully saturated rings. The molecule has 0 unspecified atom stereocenters. The molecule has 2 amide bonds. The van der Waals surface area contributed by atoms with Crippen LogP contribution in [0.3, 0.4) is 0 Å². The smallest absolute Gasteiger partial charge is 0.227 e. The number of benzene rings is 1. The Morgan fingerprint density at radius 3 is 2.82 bits per heavy atom. The van der Waals surface area contributed by atoms with Crippen LogP contribution in [0.4, 0.5) is 5.69 Å². The fourth-order valence-electron chi connectivity index (χ4n) is 4.86. The van der Waals surface area contributed by atoms with Crippen molar-refractivity contribution in [3.63, 3.8) is 0 Å². The molecule has 0 spiro atoms. The predicted octanol–water partition coefficient (Wildman–Crippen LogP) is 2.52. The van der Waals surface area contributed by atoms with E-state index in [0.717, 1.165) is 41.8 Å². The van der Waals surface area contributed by atoms with Gasteiger partial charge in [0.15, 0.2) is 0 Å². The fourth-order valence-corrected chi connectivity index (χ4v) is 4.86. The Balaban J connectivity index is 1.25. The number of pyridine rings is 1. The first kappa shape index (κ1) is 21.9. The summed E-state index contributed by atoms with van der Waals surface area (Å²) in [4.78, 5) is 29.0. The van der Waals surface area contributed by atoms with Gasteiger partial charge in [-0.3, -0.25) is 14.6 Å². The Labute approximate surface area is 192 Å². The van der Waals surface area contributed by atoms with Gasteiger partial charge in [-0.15, -0.1) is 0 Å². The number of fused-ring (bicyclic) bond motifs is 3. The molecule has 5 rings (SSSR count). The lowest BCUT2D eigenvalue weighted by atomic mass is 9.83. The van der Waals surface area contributed by atoms with E-state index in [9.17, 15) is 14.7 Å². The van der Waals surface area contributed by atoms with Gasteiger partial charge in [-0.2, -0.15) is 0 Å². The van der Waals surface area contributed by atoms with E-state index < -0.39 is 6.10 Å². The summed E-state index contributed by atoms with van der Waals surface area (Å²) < 4.78 is 12.1. The minimum Gasteiger partial charge on any atom is -0.487 e. The monoisotopic (exact) mass is 451 g/mol. The zero-order chi connectivity index (χ0) is 22.8. The summed E-state index contributed by atoms with van der Waals surface area (Å²) in [5.41, 5.74) is 2.68. The molecule has 2 aromatic rings. The Kier molecular flexibility index (Phi) is 6.28. The van der Waals surface area contributed by atoms with E-state index in [1.807, 2.05) is 30.3 Å². The molecule has 3 heterocycles. The van der Waals surface area contributed by atoms with Crippen molar-refractivity contribution in [1.82, 2.24) is 10.3 Å². The van der Waals surface area contributed by atoms with Crippen molar-refractivity contribution >= 4 is 17.5 Å². The first-order chi connectivity index (χ1) is 16.1. The summed E-state index contributed by atoms with van der Waals surface area (Å²) in [6.45, 7) is 0.221. The lowest BCUT2D eigenvalue weighted by molar-refractivity contribution is -0.142. The summed E-state index contributed by atoms with van der Waals surface area (Å²) in [6.07, 6.45) is 6.07. The Morgan fingerprint density at radius 1 is 1.21 bits per heavy atom. The average Bonchev–Trinajstić information content (AvgIpc) is 3.14. The van der Waals surface area contributed by atoms with E-state index >= 15 is 0 Å². The average molecular weight is 452 g/mol. The molecule has 1 aliphatic carbocycles. The molecule has 33 heavy (non-hydrogen) atoms. The van der Waals surface area contributed by atoms with Crippen molar-refractivity contribution in [2.75, 3.05) is 11.9 Å². The molecule has 2 aliphatic heterocycles. The largest absolute Gasteiger partial charge is 0.487 e. The number of amides is 2. The van der Waals surface area contributed by atoms with E-state index in [2.05, 4.69) is 15.6 Å². The second kappa shape index (κ2) is 9.49. The molecular formula is C25H29N3O5. The van der Waals surface area contributed by atoms with Crippen molar-refractivity contribution in [3.05, 3.63) is 53.9 Å². The normalized spacial score (nSPS) is 25.8. The van der Waals surface area contributed by atoms with Gasteiger partial charge in [-0.05, 0) is 49.1 Å². The van der Waals surface area contributed by atoms with Crippen LogP contribution in [0.2, 0.25) is 0 Å². The third-order valence-electron chi connectivity index (χ3n) is 6.87. The first-order valence-corrected chi connectivity index (χ1v) is 11.6. The highest BCUT2D eigenvalue weighted by atomic mass is 16.6. The summed E-state index contributed by atoms with van der Waals surface area (Å²) in [5.74, 6) is 0.802. The van der Waals surface area contributed by atoms with Gasteiger partial charge >= 0.3 is 0 Å². The van der Waals surface area contributed by atoms with Crippen molar-refractivity contribution in [2.24, 2.45) is 5.92 Å². The summed E-state index contributed by atoms with van der Waals surface area (Å²) in [7, 11) is 0. The number of ether oxygens (including phenoxy) is 2. The van der Waals surface area contributed by atoms with Gasteiger partial charge in [0.05, 0.1) is 19.1 Å². The van der Waals surface area contributed by atoms with Gasteiger partial charge in [0.2, 0.25) is 11.8 Å². The van der Waals surface area contributed by atoms with Crippen LogP contribution in [-0.4, -0.2) is 46.8 Å². The quantitative estimate of drug-likeness (QED) is 0.597. The summed E-state index contributed by atoms with van der Waals surface area (Å²) in [5, 5.41) is 15.9. The molecule has 4 atom stereocenters. The Bertz CT molecular complexity index is 1010. The number of nitrogens with zero attached hydrogens (tertiary/aromatic N) is 1. The lowest BCUT2D eigenvalue weighted by Gasteiger charge is -2.37. The van der Waals surface area contributed by atoms with Gasteiger partial charge in [-0.1, -0.05) is 12.5 Å². The molecule has 1 saturated heterocycles. The number of aromatic nitrogens is 1. The standard InChI is InChI=1S/C25H29N3O5/c29-14-22-24-20(10-18(32-22)11-23(30)27-13-15-3-2-8-26-12-15)19-9-17(6-7-21(19)33-24)28-25(31)16-4-1-5-16/h2-3,6-9,12,16,18,20,22,24,29H,1,4-5,10-11,13-14H2,(H,27,30)(H,28,31)/t18-,20-,22-,24+/m0/s1. The zero-order valence-corrected chi connectivity index (χ0v) is 18.4. The first-order valence-electron chi connectivity index (χ1n) is 11.6. The molecule has 174 valence electrons. The van der Waals surface area contributed by atoms with Crippen LogP contribution in [0.5, 0.6) is 5.75 Å². The molecular weight excluding hydrogens is 422 g/mol. The van der Waals surface area contributed by atoms with E-state index in [4.69, 9.17) is 9.47 Å². The molecule has 3 N–H and O–H groups in total. The summed E-state index contributed by atoms with van der Waals surface area (Å²) >= 11 is 0. The topological polar surface area (TPSA) is 110 Å². The molecule has 0 radical (unpaired) electrons. The van der Waals surface area contributed by atoms with Crippen LogP contribution in [0.15, 0.2) is 42.7 Å². The number of hydrogen-bond donors (Lipinski definition) is 3. The number of carbonyl (C=O) groups excluding carboxylic acids is 2. The third-order valence-corrected chi connectivity index (χ3v) is 6.87. The van der Waals surface area contributed by atoms with Gasteiger partial charge in [0.1, 0.15) is 18.0 Å². The maximum atomic E-state index is 12.5. The van der Waals surface area contributed by atoms with Crippen LogP contribution in [0, 0.1) is 5.92 Å². The lowest BCUT2D eigenvalue weighted by Crippen LogP contribution is -2.47. The van der Waals surface area contributed by atoms with Crippen molar-refractivity contribution in [1.29, 1.82) is 0 Å². The second-order valence-electron chi connectivity index (χ2n) is 9.12. The predicted molar refractivity (Wildman–Crippen MR) is 121 cm³/mol. The van der Waals surface area contributed by atoms with Gasteiger partial charge < -0.3 is 25.2 Å². The highest BCUT2D eigenvalue weighted by molar-refractivity contribution is 5.93. The SMILES string of the molecule is O=C(C[C@@H]1C[C@H]2c3cc(NC(=O)C4CCC4)ccc3O[C@H]2[C@H](CO)O1)NCc1cccnc1. The number of nitrogens with one attached hydrogen (secondary N) is 2. The van der Waals surface area contributed by atoms with Crippen molar-refractivity contribution in [3.8, 4) is 5.75 Å². The van der Waals surface area contributed by atoms with Crippen LogP contribution in [0.25, 0.3) is 0 Å². The minimum atomic E-state index is -0.514. The molecule has 1 aromatic heterocycles. The van der Waals surface area contributed by atoms with E-state index in [1.54, 1.807) is 12.4 Å². The summed E-state index contributed by atoms with van der Waals surface area (Å²) in [6, 6.07) is 9.43. The number of aliphatic hydroxyl groups excluding tert-OH is 1. The minimum absolute atomic E-state index is 0.0115. The highest BCUT2D eigenvalue weighted by Crippen LogP contribution is 2.47. The molecule has 0 bridgehead atoms. The van der Waals surface area contributed by atoms with Gasteiger partial charge in [0.25, 0.3) is 0 Å². The third kappa shape index (κ3) is 4.72.